The fourth-order valence-corrected chi connectivity index (χ4v) is 7.66. The second-order valence-corrected chi connectivity index (χ2v) is 12.6. The van der Waals surface area contributed by atoms with E-state index in [9.17, 15) is 0 Å². The lowest BCUT2D eigenvalue weighted by molar-refractivity contribution is 1.17. The van der Waals surface area contributed by atoms with Crippen molar-refractivity contribution in [2.24, 2.45) is 0 Å². The Labute approximate surface area is 289 Å². The fraction of sp³-hybridized carbons (Fsp3) is 0. The maximum Gasteiger partial charge on any atom is 0.159 e. The largest absolute Gasteiger partial charge is 0.255 e. The van der Waals surface area contributed by atoms with E-state index in [1.54, 1.807) is 6.20 Å². The second-order valence-electron chi connectivity index (χ2n) is 12.6. The van der Waals surface area contributed by atoms with Crippen LogP contribution in [0.25, 0.3) is 100 Å². The summed E-state index contributed by atoms with van der Waals surface area (Å²) in [4.78, 5) is 19.2. The molecule has 0 unspecified atom stereocenters. The Morgan fingerprint density at radius 3 is 1.52 bits per heavy atom. The van der Waals surface area contributed by atoms with Crippen molar-refractivity contribution < 1.29 is 0 Å². The van der Waals surface area contributed by atoms with Gasteiger partial charge in [0, 0.05) is 29.7 Å². The molecule has 0 saturated carbocycles. The summed E-state index contributed by atoms with van der Waals surface area (Å²) in [5.41, 5.74) is 14.3. The van der Waals surface area contributed by atoms with Crippen LogP contribution in [0.5, 0.6) is 0 Å². The second kappa shape index (κ2) is 11.4. The summed E-state index contributed by atoms with van der Waals surface area (Å²) in [6.45, 7) is 0. The zero-order chi connectivity index (χ0) is 33.0. The van der Waals surface area contributed by atoms with Crippen molar-refractivity contribution in [1.29, 1.82) is 0 Å². The zero-order valence-electron chi connectivity index (χ0n) is 27.0. The Morgan fingerprint density at radius 1 is 0.320 bits per heavy atom. The van der Waals surface area contributed by atoms with Crippen LogP contribution in [0, 0.1) is 0 Å². The van der Waals surface area contributed by atoms with E-state index in [4.69, 9.17) is 15.0 Å². The Kier molecular flexibility index (Phi) is 6.46. The summed E-state index contributed by atoms with van der Waals surface area (Å²) in [6.07, 6.45) is 5.53. The van der Waals surface area contributed by atoms with Gasteiger partial charge in [0.2, 0.25) is 0 Å². The average Bonchev–Trinajstić information content (AvgIpc) is 3.53. The van der Waals surface area contributed by atoms with Crippen LogP contribution in [-0.4, -0.2) is 19.9 Å². The molecule has 0 N–H and O–H groups in total. The molecule has 0 fully saturated rings. The van der Waals surface area contributed by atoms with E-state index in [-0.39, 0.29) is 0 Å². The van der Waals surface area contributed by atoms with Crippen molar-refractivity contribution in [1.82, 2.24) is 19.9 Å². The van der Waals surface area contributed by atoms with Gasteiger partial charge in [-0.15, -0.1) is 0 Å². The zero-order valence-corrected chi connectivity index (χ0v) is 27.0. The molecule has 0 radical (unpaired) electrons. The van der Waals surface area contributed by atoms with Crippen molar-refractivity contribution >= 4 is 21.5 Å². The van der Waals surface area contributed by atoms with Crippen LogP contribution in [-0.2, 0) is 0 Å². The molecule has 0 amide bonds. The first kappa shape index (κ1) is 28.3. The van der Waals surface area contributed by atoms with Crippen LogP contribution in [0.1, 0.15) is 0 Å². The lowest BCUT2D eigenvalue weighted by Gasteiger charge is -2.20. The van der Waals surface area contributed by atoms with Gasteiger partial charge in [0.05, 0.1) is 17.1 Å². The lowest BCUT2D eigenvalue weighted by atomic mass is 9.82. The number of aromatic nitrogens is 4. The number of pyridine rings is 2. The van der Waals surface area contributed by atoms with Crippen molar-refractivity contribution in [3.8, 4) is 78.5 Å². The van der Waals surface area contributed by atoms with Crippen LogP contribution in [0.2, 0.25) is 0 Å². The van der Waals surface area contributed by atoms with E-state index in [1.165, 1.54) is 60.7 Å². The van der Waals surface area contributed by atoms with Crippen LogP contribution >= 0.6 is 0 Å². The molecule has 232 valence electrons. The van der Waals surface area contributed by atoms with Gasteiger partial charge < -0.3 is 0 Å². The van der Waals surface area contributed by atoms with Crippen molar-refractivity contribution in [3.63, 3.8) is 0 Å². The van der Waals surface area contributed by atoms with Gasteiger partial charge in [0.25, 0.3) is 0 Å². The first-order valence-corrected chi connectivity index (χ1v) is 16.8. The first-order valence-electron chi connectivity index (χ1n) is 16.8. The fourth-order valence-electron chi connectivity index (χ4n) is 7.66. The molecule has 0 spiro atoms. The minimum absolute atomic E-state index is 0.686. The molecule has 0 saturated heterocycles. The van der Waals surface area contributed by atoms with Crippen LogP contribution in [0.15, 0.2) is 170 Å². The normalized spacial score (nSPS) is 11.6. The average molecular weight is 637 g/mol. The van der Waals surface area contributed by atoms with E-state index in [2.05, 4.69) is 120 Å². The monoisotopic (exact) mass is 636 g/mol. The lowest BCUT2D eigenvalue weighted by Crippen LogP contribution is -1.94. The minimum atomic E-state index is 0.686. The Bertz CT molecular complexity index is 2630. The first-order chi connectivity index (χ1) is 24.8. The molecule has 1 aliphatic carbocycles. The van der Waals surface area contributed by atoms with Gasteiger partial charge in [0.1, 0.15) is 0 Å². The van der Waals surface area contributed by atoms with Crippen molar-refractivity contribution in [3.05, 3.63) is 170 Å². The van der Waals surface area contributed by atoms with E-state index in [0.29, 0.717) is 5.82 Å². The highest BCUT2D eigenvalue weighted by Crippen LogP contribution is 2.58. The van der Waals surface area contributed by atoms with Crippen LogP contribution < -0.4 is 0 Å². The highest BCUT2D eigenvalue weighted by atomic mass is 14.9. The van der Waals surface area contributed by atoms with Gasteiger partial charge in [0.15, 0.2) is 5.82 Å². The third-order valence-electron chi connectivity index (χ3n) is 9.78. The number of hydrogen-bond donors (Lipinski definition) is 0. The molecule has 3 aromatic heterocycles. The minimum Gasteiger partial charge on any atom is -0.255 e. The molecular formula is C46H28N4. The predicted molar refractivity (Wildman–Crippen MR) is 204 cm³/mol. The van der Waals surface area contributed by atoms with Crippen molar-refractivity contribution in [2.45, 2.75) is 0 Å². The third kappa shape index (κ3) is 4.39. The summed E-state index contributed by atoms with van der Waals surface area (Å²) in [7, 11) is 0. The summed E-state index contributed by atoms with van der Waals surface area (Å²) in [5, 5.41) is 4.88. The highest BCUT2D eigenvalue weighted by molar-refractivity contribution is 6.28. The molecule has 0 aliphatic heterocycles. The number of hydrogen-bond acceptors (Lipinski definition) is 4. The quantitative estimate of drug-likeness (QED) is 0.189. The standard InChI is InChI=1S/C46H28N4/c1-3-13-29(14-4-1)41-32-17-7-8-18-33(32)42(30-15-5-2-6-16-30)45-37-25-24-35(34-19-11-20-36(43(34)37)44(41)45)46-48-27-31(28-49-46)38-22-12-23-40(50-38)39-21-9-10-26-47-39/h1-28H. The number of nitrogens with zero attached hydrogens (tertiary/aromatic N) is 4. The molecule has 6 aromatic carbocycles. The van der Waals surface area contributed by atoms with Crippen LogP contribution in [0.4, 0.5) is 0 Å². The molecule has 3 heterocycles. The van der Waals surface area contributed by atoms with Crippen LogP contribution in [0.3, 0.4) is 0 Å². The number of rotatable bonds is 5. The molecule has 0 atom stereocenters. The molecule has 0 bridgehead atoms. The predicted octanol–water partition coefficient (Wildman–Crippen LogP) is 11.6. The summed E-state index contributed by atoms with van der Waals surface area (Å²) >= 11 is 0. The molecular weight excluding hydrogens is 609 g/mol. The highest BCUT2D eigenvalue weighted by Gasteiger charge is 2.31. The Balaban J connectivity index is 1.17. The SMILES string of the molecule is c1ccc(-c2c3c(c(-c4ccccc4)c4ccccc24)-c2ccc(-c4ncc(-c5cccc(-c6ccccn6)n5)cn4)c4cccc-3c24)cc1. The maximum absolute atomic E-state index is 4.92. The molecule has 50 heavy (non-hydrogen) atoms. The summed E-state index contributed by atoms with van der Waals surface area (Å²) in [5.74, 6) is 0.686. The number of fused-ring (bicyclic) bond motifs is 4. The van der Waals surface area contributed by atoms with E-state index >= 15 is 0 Å². The van der Waals surface area contributed by atoms with Gasteiger partial charge in [-0.25, -0.2) is 15.0 Å². The van der Waals surface area contributed by atoms with Crippen molar-refractivity contribution in [2.75, 3.05) is 0 Å². The van der Waals surface area contributed by atoms with Gasteiger partial charge in [-0.3, -0.25) is 4.98 Å². The molecule has 9 aromatic rings. The molecule has 4 nitrogen and oxygen atoms in total. The van der Waals surface area contributed by atoms with E-state index in [1.807, 2.05) is 48.8 Å². The van der Waals surface area contributed by atoms with Gasteiger partial charge in [-0.05, 0) is 96.4 Å². The summed E-state index contributed by atoms with van der Waals surface area (Å²) in [6, 6.07) is 53.4. The Morgan fingerprint density at radius 2 is 0.860 bits per heavy atom. The maximum atomic E-state index is 4.92. The number of benzene rings is 6. The van der Waals surface area contributed by atoms with Gasteiger partial charge >= 0.3 is 0 Å². The molecule has 4 heteroatoms. The van der Waals surface area contributed by atoms with Gasteiger partial charge in [-0.2, -0.15) is 0 Å². The Hall–Kier alpha value is -6.78. The third-order valence-corrected chi connectivity index (χ3v) is 9.78. The van der Waals surface area contributed by atoms with E-state index in [0.717, 1.165) is 33.6 Å². The topological polar surface area (TPSA) is 51.6 Å². The summed E-state index contributed by atoms with van der Waals surface area (Å²) < 4.78 is 0. The smallest absolute Gasteiger partial charge is 0.159 e. The van der Waals surface area contributed by atoms with E-state index < -0.39 is 0 Å². The molecule has 1 aliphatic rings. The van der Waals surface area contributed by atoms with Gasteiger partial charge in [-0.1, -0.05) is 121 Å². The molecule has 10 rings (SSSR count).